The SMILES string of the molecule is CC1=CC(C)CC(C)=C1P(c1c(C)cc(C)cc1C)c1c(C)cc(C)cc1C. The van der Waals surface area contributed by atoms with Crippen molar-refractivity contribution in [2.24, 2.45) is 5.92 Å². The van der Waals surface area contributed by atoms with Crippen molar-refractivity contribution in [2.75, 3.05) is 0 Å². The van der Waals surface area contributed by atoms with Crippen LogP contribution in [0, 0.1) is 47.5 Å². The second-order valence-electron chi connectivity index (χ2n) is 8.99. The summed E-state index contributed by atoms with van der Waals surface area (Å²) in [5, 5.41) is 4.73. The monoisotopic (exact) mass is 390 g/mol. The second kappa shape index (κ2) is 8.00. The van der Waals surface area contributed by atoms with Gasteiger partial charge in [-0.2, -0.15) is 0 Å². The molecule has 0 bridgehead atoms. The first-order valence-electron chi connectivity index (χ1n) is 10.4. The minimum absolute atomic E-state index is 0.564. The van der Waals surface area contributed by atoms with Gasteiger partial charge in [-0.3, -0.25) is 0 Å². The maximum Gasteiger partial charge on any atom is -0.00922 e. The molecule has 1 aliphatic rings. The van der Waals surface area contributed by atoms with Gasteiger partial charge in [-0.25, -0.2) is 0 Å². The molecular weight excluding hydrogens is 355 g/mol. The van der Waals surface area contributed by atoms with Gasteiger partial charge in [0.2, 0.25) is 0 Å². The summed E-state index contributed by atoms with van der Waals surface area (Å²) in [4.78, 5) is 0. The molecule has 0 N–H and O–H groups in total. The lowest BCUT2D eigenvalue weighted by Crippen LogP contribution is -2.24. The lowest BCUT2D eigenvalue weighted by atomic mass is 9.93. The van der Waals surface area contributed by atoms with Crippen LogP contribution >= 0.6 is 7.92 Å². The molecule has 1 aliphatic carbocycles. The van der Waals surface area contributed by atoms with Gasteiger partial charge in [-0.05, 0) is 119 Å². The quantitative estimate of drug-likeness (QED) is 0.485. The summed E-state index contributed by atoms with van der Waals surface area (Å²) >= 11 is 0. The Kier molecular flexibility index (Phi) is 6.02. The molecule has 0 radical (unpaired) electrons. The largest absolute Gasteiger partial charge is 0.0778 e. The van der Waals surface area contributed by atoms with Gasteiger partial charge in [0.1, 0.15) is 0 Å². The number of aryl methyl sites for hydroxylation is 6. The van der Waals surface area contributed by atoms with Crippen LogP contribution in [-0.2, 0) is 0 Å². The van der Waals surface area contributed by atoms with Crippen LogP contribution in [0.5, 0.6) is 0 Å². The summed E-state index contributed by atoms with van der Waals surface area (Å²) in [6, 6.07) is 9.49. The van der Waals surface area contributed by atoms with Crippen molar-refractivity contribution in [2.45, 2.75) is 68.7 Å². The fourth-order valence-electron chi connectivity index (χ4n) is 5.23. The van der Waals surface area contributed by atoms with E-state index in [9.17, 15) is 0 Å². The van der Waals surface area contributed by atoms with Gasteiger partial charge in [-0.1, -0.05) is 54.0 Å². The molecule has 0 saturated carbocycles. The van der Waals surface area contributed by atoms with E-state index in [1.165, 1.54) is 45.4 Å². The van der Waals surface area contributed by atoms with Crippen molar-refractivity contribution < 1.29 is 0 Å². The van der Waals surface area contributed by atoms with Crippen molar-refractivity contribution in [3.8, 4) is 0 Å². The highest BCUT2D eigenvalue weighted by Crippen LogP contribution is 2.53. The molecule has 2 aromatic carbocycles. The number of benzene rings is 2. The minimum Gasteiger partial charge on any atom is -0.0778 e. The van der Waals surface area contributed by atoms with Crippen molar-refractivity contribution in [1.29, 1.82) is 0 Å². The summed E-state index contributed by atoms with van der Waals surface area (Å²) in [5.41, 5.74) is 11.6. The molecule has 0 saturated heterocycles. The van der Waals surface area contributed by atoms with E-state index in [0.717, 1.165) is 0 Å². The Balaban J connectivity index is 2.38. The van der Waals surface area contributed by atoms with Crippen LogP contribution in [0.1, 0.15) is 60.6 Å². The standard InChI is InChI=1S/C27H35P/c1-16-10-19(4)25(20(5)11-16)28(26-21(6)12-17(2)13-22(26)7)27-23(8)14-18(3)15-24(27)9/h10-14,18H,15H2,1-9H3. The summed E-state index contributed by atoms with van der Waals surface area (Å²) in [6.45, 7) is 20.7. The van der Waals surface area contributed by atoms with Crippen LogP contribution in [0.3, 0.4) is 0 Å². The molecule has 148 valence electrons. The normalized spacial score (nSPS) is 17.4. The van der Waals surface area contributed by atoms with E-state index in [4.69, 9.17) is 0 Å². The van der Waals surface area contributed by atoms with Crippen LogP contribution in [0.2, 0.25) is 0 Å². The zero-order chi connectivity index (χ0) is 20.7. The Morgan fingerprint density at radius 1 is 0.679 bits per heavy atom. The van der Waals surface area contributed by atoms with E-state index in [1.54, 1.807) is 21.5 Å². The molecule has 0 fully saturated rings. The van der Waals surface area contributed by atoms with Gasteiger partial charge < -0.3 is 0 Å². The summed E-state index contributed by atoms with van der Waals surface area (Å²) in [5.74, 6) is 0.640. The lowest BCUT2D eigenvalue weighted by Gasteiger charge is -2.33. The van der Waals surface area contributed by atoms with Gasteiger partial charge in [0.15, 0.2) is 0 Å². The van der Waals surface area contributed by atoms with E-state index in [-0.39, 0.29) is 0 Å². The smallest absolute Gasteiger partial charge is 0.00922 e. The first kappa shape index (κ1) is 21.1. The first-order valence-corrected chi connectivity index (χ1v) is 11.8. The first-order chi connectivity index (χ1) is 13.1. The molecule has 0 amide bonds. The summed E-state index contributed by atoms with van der Waals surface area (Å²) in [7, 11) is -0.564. The molecule has 1 heteroatoms. The average Bonchev–Trinajstić information content (AvgIpc) is 2.51. The summed E-state index contributed by atoms with van der Waals surface area (Å²) in [6.07, 6.45) is 3.68. The molecule has 3 rings (SSSR count). The van der Waals surface area contributed by atoms with Crippen LogP contribution in [-0.4, -0.2) is 0 Å². The van der Waals surface area contributed by atoms with Crippen LogP contribution in [0.4, 0.5) is 0 Å². The van der Waals surface area contributed by atoms with Crippen LogP contribution < -0.4 is 10.6 Å². The highest BCUT2D eigenvalue weighted by Gasteiger charge is 2.29. The van der Waals surface area contributed by atoms with E-state index >= 15 is 0 Å². The number of allylic oxidation sites excluding steroid dienone is 4. The Morgan fingerprint density at radius 2 is 1.07 bits per heavy atom. The molecule has 1 atom stereocenters. The average molecular weight is 391 g/mol. The maximum atomic E-state index is 2.50. The second-order valence-corrected chi connectivity index (χ2v) is 11.0. The Hall–Kier alpha value is -1.65. The van der Waals surface area contributed by atoms with Crippen LogP contribution in [0.25, 0.3) is 0 Å². The molecule has 0 aromatic heterocycles. The molecule has 1 unspecified atom stereocenters. The van der Waals surface area contributed by atoms with Gasteiger partial charge in [-0.15, -0.1) is 0 Å². The third-order valence-corrected chi connectivity index (χ3v) is 9.37. The number of hydrogen-bond acceptors (Lipinski definition) is 0. The lowest BCUT2D eigenvalue weighted by molar-refractivity contribution is 0.697. The van der Waals surface area contributed by atoms with E-state index in [0.29, 0.717) is 5.92 Å². The highest BCUT2D eigenvalue weighted by molar-refractivity contribution is 7.77. The van der Waals surface area contributed by atoms with Gasteiger partial charge in [0.05, 0.1) is 0 Å². The predicted molar refractivity (Wildman–Crippen MR) is 128 cm³/mol. The molecule has 0 heterocycles. The molecule has 0 spiro atoms. The summed E-state index contributed by atoms with van der Waals surface area (Å²) < 4.78 is 0. The highest BCUT2D eigenvalue weighted by atomic mass is 31.1. The zero-order valence-electron chi connectivity index (χ0n) is 19.1. The van der Waals surface area contributed by atoms with Gasteiger partial charge >= 0.3 is 0 Å². The molecule has 28 heavy (non-hydrogen) atoms. The van der Waals surface area contributed by atoms with Crippen molar-refractivity contribution in [3.63, 3.8) is 0 Å². The zero-order valence-corrected chi connectivity index (χ0v) is 20.0. The minimum atomic E-state index is -0.564. The van der Waals surface area contributed by atoms with E-state index < -0.39 is 7.92 Å². The predicted octanol–water partition coefficient (Wildman–Crippen LogP) is 7.23. The fourth-order valence-corrected chi connectivity index (χ4v) is 8.47. The Bertz CT molecular complexity index is 884. The van der Waals surface area contributed by atoms with Gasteiger partial charge in [0, 0.05) is 0 Å². The van der Waals surface area contributed by atoms with E-state index in [2.05, 4.69) is 92.7 Å². The fraction of sp³-hybridized carbons (Fsp3) is 0.407. The van der Waals surface area contributed by atoms with Crippen LogP contribution in [0.15, 0.2) is 46.8 Å². The number of rotatable bonds is 3. The van der Waals surface area contributed by atoms with E-state index in [1.807, 2.05) is 0 Å². The molecule has 0 nitrogen and oxygen atoms in total. The van der Waals surface area contributed by atoms with Gasteiger partial charge in [0.25, 0.3) is 0 Å². The molecule has 2 aromatic rings. The topological polar surface area (TPSA) is 0 Å². The molecular formula is C27H35P. The van der Waals surface area contributed by atoms with Crippen molar-refractivity contribution >= 4 is 18.5 Å². The molecule has 0 aliphatic heterocycles. The third-order valence-electron chi connectivity index (χ3n) is 5.88. The van der Waals surface area contributed by atoms with Crippen molar-refractivity contribution in [1.82, 2.24) is 0 Å². The Morgan fingerprint density at radius 3 is 1.43 bits per heavy atom. The van der Waals surface area contributed by atoms with Crippen molar-refractivity contribution in [3.05, 3.63) is 80.2 Å². The third kappa shape index (κ3) is 3.90. The Labute approximate surface area is 173 Å². The number of hydrogen-bond donors (Lipinski definition) is 0. The maximum absolute atomic E-state index is 2.50.